The van der Waals surface area contributed by atoms with Gasteiger partial charge >= 0.3 is 0 Å². The summed E-state index contributed by atoms with van der Waals surface area (Å²) in [7, 11) is 3.73. The second kappa shape index (κ2) is 8.91. The van der Waals surface area contributed by atoms with Gasteiger partial charge in [0.05, 0.1) is 45.0 Å². The first-order valence-electron chi connectivity index (χ1n) is 12.1. The fourth-order valence-electron chi connectivity index (χ4n) is 6.20. The number of fused-ring (bicyclic) bond motifs is 4. The van der Waals surface area contributed by atoms with E-state index in [9.17, 15) is 9.90 Å². The van der Waals surface area contributed by atoms with Crippen molar-refractivity contribution in [3.05, 3.63) is 29.5 Å². The van der Waals surface area contributed by atoms with Crippen LogP contribution in [0.15, 0.2) is 18.2 Å². The molecule has 1 aromatic carbocycles. The van der Waals surface area contributed by atoms with Crippen LogP contribution in [0, 0.1) is 0 Å². The Morgan fingerprint density at radius 1 is 1.21 bits per heavy atom. The molecule has 2 fully saturated rings. The van der Waals surface area contributed by atoms with Gasteiger partial charge in [0.15, 0.2) is 0 Å². The molecule has 8 heteroatoms. The number of hydrogen-bond donors (Lipinski definition) is 1. The molecule has 3 aliphatic heterocycles. The maximum atomic E-state index is 13.6. The molecule has 0 aliphatic carbocycles. The molecule has 2 saturated heterocycles. The molecule has 33 heavy (non-hydrogen) atoms. The van der Waals surface area contributed by atoms with Gasteiger partial charge in [-0.2, -0.15) is 0 Å². The Kier molecular flexibility index (Phi) is 6.11. The molecule has 1 amide bonds. The normalized spacial score (nSPS) is 23.0. The Bertz CT molecular complexity index is 1020. The van der Waals surface area contributed by atoms with Crippen molar-refractivity contribution >= 4 is 16.8 Å². The molecule has 0 unspecified atom stereocenters. The van der Waals surface area contributed by atoms with Crippen LogP contribution >= 0.6 is 0 Å². The topological polar surface area (TPSA) is 70.4 Å². The van der Waals surface area contributed by atoms with Crippen molar-refractivity contribution in [2.24, 2.45) is 7.05 Å². The van der Waals surface area contributed by atoms with Crippen LogP contribution < -0.4 is 4.74 Å². The molecule has 0 bridgehead atoms. The summed E-state index contributed by atoms with van der Waals surface area (Å²) in [6, 6.07) is 5.89. The molecule has 1 spiro atoms. The van der Waals surface area contributed by atoms with E-state index in [1.807, 2.05) is 11.0 Å². The summed E-state index contributed by atoms with van der Waals surface area (Å²) in [4.78, 5) is 20.2. The number of hydrogen-bond acceptors (Lipinski definition) is 6. The number of rotatable bonds is 6. The Morgan fingerprint density at radius 2 is 1.97 bits per heavy atom. The Morgan fingerprint density at radius 3 is 2.64 bits per heavy atom. The second-order valence-corrected chi connectivity index (χ2v) is 9.80. The maximum absolute atomic E-state index is 13.6. The quantitative estimate of drug-likeness (QED) is 0.708. The average molecular weight is 457 g/mol. The van der Waals surface area contributed by atoms with E-state index < -0.39 is 0 Å². The van der Waals surface area contributed by atoms with Crippen molar-refractivity contribution < 1.29 is 19.4 Å². The zero-order valence-corrected chi connectivity index (χ0v) is 20.0. The minimum Gasteiger partial charge on any atom is -0.497 e. The van der Waals surface area contributed by atoms with E-state index in [2.05, 4.69) is 40.5 Å². The van der Waals surface area contributed by atoms with Gasteiger partial charge in [-0.3, -0.25) is 9.69 Å². The van der Waals surface area contributed by atoms with E-state index >= 15 is 0 Å². The first-order valence-corrected chi connectivity index (χ1v) is 12.1. The van der Waals surface area contributed by atoms with Crippen molar-refractivity contribution in [3.8, 4) is 5.75 Å². The molecule has 2 aromatic rings. The molecule has 0 radical (unpaired) electrons. The SMILES string of the molecule is CCCN1CC2(C1)CN(C(=O)CN1CCOCC1)[C@H](CO)c1c2c2ccc(OC)cc2n1C. The number of benzene rings is 1. The van der Waals surface area contributed by atoms with Crippen molar-refractivity contribution in [1.29, 1.82) is 0 Å². The third-order valence-corrected chi connectivity index (χ3v) is 7.70. The predicted molar refractivity (Wildman–Crippen MR) is 127 cm³/mol. The van der Waals surface area contributed by atoms with Crippen LogP contribution in [0.25, 0.3) is 10.9 Å². The molecule has 1 N–H and O–H groups in total. The lowest BCUT2D eigenvalue weighted by Crippen LogP contribution is -2.67. The number of likely N-dealkylation sites (tertiary alicyclic amines) is 1. The van der Waals surface area contributed by atoms with Crippen LogP contribution in [0.2, 0.25) is 0 Å². The van der Waals surface area contributed by atoms with Crippen LogP contribution in [0.1, 0.15) is 30.6 Å². The molecule has 4 heterocycles. The van der Waals surface area contributed by atoms with Crippen molar-refractivity contribution in [2.45, 2.75) is 24.8 Å². The number of aryl methyl sites for hydroxylation is 1. The Labute approximate surface area is 195 Å². The van der Waals surface area contributed by atoms with Gasteiger partial charge in [0, 0.05) is 62.3 Å². The lowest BCUT2D eigenvalue weighted by atomic mass is 9.68. The minimum atomic E-state index is -0.345. The Hall–Kier alpha value is -2.13. The summed E-state index contributed by atoms with van der Waals surface area (Å²) in [5, 5.41) is 11.7. The summed E-state index contributed by atoms with van der Waals surface area (Å²) in [5.41, 5.74) is 3.36. The Balaban J connectivity index is 1.57. The number of carbonyl (C=O) groups excluding carboxylic acids is 1. The fraction of sp³-hybridized carbons (Fsp3) is 0.640. The highest BCUT2D eigenvalue weighted by molar-refractivity contribution is 5.90. The number of morpholine rings is 1. The van der Waals surface area contributed by atoms with Gasteiger partial charge in [-0.05, 0) is 30.7 Å². The number of ether oxygens (including phenoxy) is 2. The summed E-state index contributed by atoms with van der Waals surface area (Å²) in [6.07, 6.45) is 1.12. The van der Waals surface area contributed by atoms with Crippen LogP contribution in [0.4, 0.5) is 0 Å². The lowest BCUT2D eigenvalue weighted by Gasteiger charge is -2.56. The average Bonchev–Trinajstić information content (AvgIpc) is 3.11. The molecule has 5 rings (SSSR count). The van der Waals surface area contributed by atoms with E-state index in [1.165, 1.54) is 10.9 Å². The van der Waals surface area contributed by atoms with Gasteiger partial charge in [0.25, 0.3) is 0 Å². The van der Waals surface area contributed by atoms with Gasteiger partial charge in [0.1, 0.15) is 5.75 Å². The molecule has 1 aromatic heterocycles. The molecular weight excluding hydrogens is 420 g/mol. The highest BCUT2D eigenvalue weighted by Crippen LogP contribution is 2.49. The van der Waals surface area contributed by atoms with Crippen LogP contribution in [-0.2, 0) is 22.0 Å². The molecule has 0 saturated carbocycles. The lowest BCUT2D eigenvalue weighted by molar-refractivity contribution is -0.141. The largest absolute Gasteiger partial charge is 0.497 e. The third kappa shape index (κ3) is 3.73. The maximum Gasteiger partial charge on any atom is 0.237 e. The monoisotopic (exact) mass is 456 g/mol. The van der Waals surface area contributed by atoms with E-state index in [1.54, 1.807) is 7.11 Å². The number of methoxy groups -OCH3 is 1. The number of aliphatic hydroxyl groups excluding tert-OH is 1. The van der Waals surface area contributed by atoms with Crippen molar-refractivity contribution in [3.63, 3.8) is 0 Å². The smallest absolute Gasteiger partial charge is 0.237 e. The predicted octanol–water partition coefficient (Wildman–Crippen LogP) is 1.36. The van der Waals surface area contributed by atoms with Crippen LogP contribution in [-0.4, -0.2) is 103 Å². The van der Waals surface area contributed by atoms with Crippen LogP contribution in [0.3, 0.4) is 0 Å². The molecular formula is C25H36N4O4. The highest BCUT2D eigenvalue weighted by atomic mass is 16.5. The standard InChI is InChI=1S/C25H36N4O4/c1-4-7-28-15-25(16-28)17-29(22(31)13-27-8-10-33-11-9-27)21(14-30)24-23(25)19-6-5-18(32-3)12-20(19)26(24)2/h5-6,12,21,30H,4,7-11,13-17H2,1-3H3/t21-/m1/s1. The van der Waals surface area contributed by atoms with Gasteiger partial charge < -0.3 is 28.9 Å². The minimum absolute atomic E-state index is 0.0854. The molecule has 180 valence electrons. The third-order valence-electron chi connectivity index (χ3n) is 7.70. The summed E-state index contributed by atoms with van der Waals surface area (Å²) < 4.78 is 13.1. The van der Waals surface area contributed by atoms with Gasteiger partial charge in [0.2, 0.25) is 5.91 Å². The van der Waals surface area contributed by atoms with E-state index in [0.29, 0.717) is 26.3 Å². The number of aromatic nitrogens is 1. The van der Waals surface area contributed by atoms with Gasteiger partial charge in [-0.15, -0.1) is 0 Å². The fourth-order valence-corrected chi connectivity index (χ4v) is 6.20. The van der Waals surface area contributed by atoms with Crippen molar-refractivity contribution in [2.75, 3.05) is 72.7 Å². The van der Waals surface area contributed by atoms with Crippen LogP contribution in [0.5, 0.6) is 5.75 Å². The highest BCUT2D eigenvalue weighted by Gasteiger charge is 2.54. The van der Waals surface area contributed by atoms with Gasteiger partial charge in [-0.1, -0.05) is 6.92 Å². The number of aliphatic hydroxyl groups is 1. The molecule has 3 aliphatic rings. The van der Waals surface area contributed by atoms with Gasteiger partial charge in [-0.25, -0.2) is 0 Å². The first kappa shape index (κ1) is 22.7. The summed E-state index contributed by atoms with van der Waals surface area (Å²) >= 11 is 0. The van der Waals surface area contributed by atoms with E-state index in [0.717, 1.165) is 56.1 Å². The molecule has 8 nitrogen and oxygen atoms in total. The summed E-state index contributed by atoms with van der Waals surface area (Å²) in [5.74, 6) is 0.911. The van der Waals surface area contributed by atoms with Crippen molar-refractivity contribution in [1.82, 2.24) is 19.3 Å². The number of amides is 1. The first-order chi connectivity index (χ1) is 16.0. The van der Waals surface area contributed by atoms with E-state index in [4.69, 9.17) is 9.47 Å². The molecule has 1 atom stereocenters. The second-order valence-electron chi connectivity index (χ2n) is 9.80. The summed E-state index contributed by atoms with van der Waals surface area (Å²) in [6.45, 7) is 9.00. The number of nitrogens with zero attached hydrogens (tertiary/aromatic N) is 4. The zero-order chi connectivity index (χ0) is 23.2. The zero-order valence-electron chi connectivity index (χ0n) is 20.0. The van der Waals surface area contributed by atoms with E-state index in [-0.39, 0.29) is 24.0 Å². The number of carbonyl (C=O) groups is 1.